The molecule has 4 nitrogen and oxygen atoms in total. The molecule has 0 fully saturated rings. The van der Waals surface area contributed by atoms with Crippen LogP contribution in [0.2, 0.25) is 10.0 Å². The predicted molar refractivity (Wildman–Crippen MR) is 80.5 cm³/mol. The molecule has 0 radical (unpaired) electrons. The van der Waals surface area contributed by atoms with E-state index in [1.807, 2.05) is 12.1 Å². The molecule has 0 aliphatic rings. The Balaban J connectivity index is 1.69. The third kappa shape index (κ3) is 3.54. The van der Waals surface area contributed by atoms with Crippen LogP contribution in [-0.2, 0) is 6.61 Å². The summed E-state index contributed by atoms with van der Waals surface area (Å²) in [6.07, 6.45) is 0. The van der Waals surface area contributed by atoms with E-state index < -0.39 is 0 Å². The topological polar surface area (TPSA) is 48.2 Å². The highest BCUT2D eigenvalue weighted by molar-refractivity contribution is 6.31. The molecule has 106 valence electrons. The van der Waals surface area contributed by atoms with Gasteiger partial charge in [0.15, 0.2) is 6.61 Å². The summed E-state index contributed by atoms with van der Waals surface area (Å²) >= 11 is 11.7. The molecule has 6 heteroatoms. The van der Waals surface area contributed by atoms with Gasteiger partial charge in [0, 0.05) is 15.6 Å². The summed E-state index contributed by atoms with van der Waals surface area (Å²) in [5.74, 6) is 1.55. The van der Waals surface area contributed by atoms with Gasteiger partial charge in [0.05, 0.1) is 0 Å². The number of ether oxygens (including phenoxy) is 1. The fourth-order valence-electron chi connectivity index (χ4n) is 1.73. The number of aromatic nitrogens is 2. The van der Waals surface area contributed by atoms with Crippen LogP contribution in [-0.4, -0.2) is 10.1 Å². The molecule has 0 aliphatic carbocycles. The first-order valence-electron chi connectivity index (χ1n) is 6.17. The van der Waals surface area contributed by atoms with Gasteiger partial charge < -0.3 is 9.26 Å². The van der Waals surface area contributed by atoms with Gasteiger partial charge in [-0.1, -0.05) is 40.5 Å². The monoisotopic (exact) mass is 320 g/mol. The highest BCUT2D eigenvalue weighted by Gasteiger charge is 2.09. The first-order valence-corrected chi connectivity index (χ1v) is 6.93. The molecule has 0 amide bonds. The summed E-state index contributed by atoms with van der Waals surface area (Å²) in [5, 5.41) is 5.19. The fourth-order valence-corrected chi connectivity index (χ4v) is 2.05. The molecule has 0 N–H and O–H groups in total. The third-order valence-electron chi connectivity index (χ3n) is 2.73. The van der Waals surface area contributed by atoms with Crippen LogP contribution in [0, 0.1) is 0 Å². The predicted octanol–water partition coefficient (Wildman–Crippen LogP) is 4.62. The summed E-state index contributed by atoms with van der Waals surface area (Å²) in [4.78, 5) is 4.27. The van der Waals surface area contributed by atoms with Crippen molar-refractivity contribution in [2.45, 2.75) is 6.61 Å². The zero-order chi connectivity index (χ0) is 14.7. The van der Waals surface area contributed by atoms with Crippen molar-refractivity contribution in [3.05, 3.63) is 64.5 Å². The minimum atomic E-state index is 0.190. The van der Waals surface area contributed by atoms with Crippen LogP contribution < -0.4 is 4.74 Å². The number of benzene rings is 2. The van der Waals surface area contributed by atoms with Gasteiger partial charge >= 0.3 is 0 Å². The summed E-state index contributed by atoms with van der Waals surface area (Å²) < 4.78 is 10.7. The van der Waals surface area contributed by atoms with Crippen molar-refractivity contribution in [3.63, 3.8) is 0 Å². The van der Waals surface area contributed by atoms with Crippen LogP contribution in [0.15, 0.2) is 53.1 Å². The lowest BCUT2D eigenvalue weighted by Gasteiger charge is -2.02. The molecule has 0 unspecified atom stereocenters. The minimum absolute atomic E-state index is 0.190. The second-order valence-electron chi connectivity index (χ2n) is 4.26. The van der Waals surface area contributed by atoms with Gasteiger partial charge in [0.25, 0.3) is 5.89 Å². The molecule has 0 saturated heterocycles. The van der Waals surface area contributed by atoms with Gasteiger partial charge in [-0.3, -0.25) is 0 Å². The Hall–Kier alpha value is -2.04. The van der Waals surface area contributed by atoms with Crippen LogP contribution in [0.1, 0.15) is 5.89 Å². The van der Waals surface area contributed by atoms with Crippen LogP contribution in [0.25, 0.3) is 11.4 Å². The SMILES string of the molecule is Clc1ccc(OCc2nc(-c3cccc(Cl)c3)no2)cc1. The first-order chi connectivity index (χ1) is 10.2. The van der Waals surface area contributed by atoms with Crippen molar-refractivity contribution >= 4 is 23.2 Å². The molecule has 1 heterocycles. The lowest BCUT2D eigenvalue weighted by molar-refractivity contribution is 0.243. The Morgan fingerprint density at radius 3 is 2.57 bits per heavy atom. The van der Waals surface area contributed by atoms with Gasteiger partial charge in [-0.25, -0.2) is 0 Å². The molecule has 0 saturated carbocycles. The van der Waals surface area contributed by atoms with Crippen molar-refractivity contribution in [1.29, 1.82) is 0 Å². The van der Waals surface area contributed by atoms with Crippen LogP contribution in [0.3, 0.4) is 0 Å². The minimum Gasteiger partial charge on any atom is -0.484 e. The highest BCUT2D eigenvalue weighted by atomic mass is 35.5. The van der Waals surface area contributed by atoms with Crippen LogP contribution >= 0.6 is 23.2 Å². The molecule has 0 atom stereocenters. The number of halogens is 2. The molecule has 21 heavy (non-hydrogen) atoms. The Bertz CT molecular complexity index is 741. The van der Waals surface area contributed by atoms with Gasteiger partial charge in [0.2, 0.25) is 5.82 Å². The van der Waals surface area contributed by atoms with Crippen molar-refractivity contribution in [3.8, 4) is 17.1 Å². The van der Waals surface area contributed by atoms with E-state index in [1.165, 1.54) is 0 Å². The maximum absolute atomic E-state index is 5.93. The van der Waals surface area contributed by atoms with Crippen molar-refractivity contribution in [2.24, 2.45) is 0 Å². The van der Waals surface area contributed by atoms with E-state index in [-0.39, 0.29) is 6.61 Å². The maximum atomic E-state index is 5.93. The Labute approximate surface area is 131 Å². The van der Waals surface area contributed by atoms with E-state index in [0.29, 0.717) is 27.5 Å². The Morgan fingerprint density at radius 1 is 1.00 bits per heavy atom. The molecule has 3 aromatic rings. The van der Waals surface area contributed by atoms with Crippen molar-refractivity contribution in [1.82, 2.24) is 10.1 Å². The summed E-state index contributed by atoms with van der Waals surface area (Å²) in [6.45, 7) is 0.190. The number of rotatable bonds is 4. The molecular weight excluding hydrogens is 311 g/mol. The first kappa shape index (κ1) is 13.9. The van der Waals surface area contributed by atoms with Crippen LogP contribution in [0.4, 0.5) is 0 Å². The molecule has 2 aromatic carbocycles. The molecule has 0 bridgehead atoms. The molecule has 1 aromatic heterocycles. The normalized spacial score (nSPS) is 10.6. The van der Waals surface area contributed by atoms with E-state index in [0.717, 1.165) is 5.56 Å². The molecule has 3 rings (SSSR count). The summed E-state index contributed by atoms with van der Waals surface area (Å²) in [5.41, 5.74) is 0.795. The summed E-state index contributed by atoms with van der Waals surface area (Å²) in [6, 6.07) is 14.3. The van der Waals surface area contributed by atoms with E-state index in [4.69, 9.17) is 32.5 Å². The van der Waals surface area contributed by atoms with Gasteiger partial charge in [-0.15, -0.1) is 0 Å². The molecular formula is C15H10Cl2N2O2. The second-order valence-corrected chi connectivity index (χ2v) is 5.14. The number of hydrogen-bond acceptors (Lipinski definition) is 4. The smallest absolute Gasteiger partial charge is 0.264 e. The molecule has 0 aliphatic heterocycles. The van der Waals surface area contributed by atoms with E-state index in [2.05, 4.69) is 10.1 Å². The van der Waals surface area contributed by atoms with Gasteiger partial charge in [-0.05, 0) is 36.4 Å². The summed E-state index contributed by atoms with van der Waals surface area (Å²) in [7, 11) is 0. The number of hydrogen-bond donors (Lipinski definition) is 0. The lowest BCUT2D eigenvalue weighted by Crippen LogP contribution is -1.95. The lowest BCUT2D eigenvalue weighted by atomic mass is 10.2. The largest absolute Gasteiger partial charge is 0.484 e. The van der Waals surface area contributed by atoms with Gasteiger partial charge in [0.1, 0.15) is 5.75 Å². The van der Waals surface area contributed by atoms with E-state index in [1.54, 1.807) is 36.4 Å². The third-order valence-corrected chi connectivity index (χ3v) is 3.21. The second kappa shape index (κ2) is 6.16. The average Bonchev–Trinajstić information content (AvgIpc) is 2.96. The average molecular weight is 321 g/mol. The Kier molecular flexibility index (Phi) is 4.08. The fraction of sp³-hybridized carbons (Fsp3) is 0.0667. The standard InChI is InChI=1S/C15H10Cl2N2O2/c16-11-4-6-13(7-5-11)20-9-14-18-15(19-21-14)10-2-1-3-12(17)8-10/h1-8H,9H2. The Morgan fingerprint density at radius 2 is 1.81 bits per heavy atom. The number of nitrogens with zero attached hydrogens (tertiary/aromatic N) is 2. The maximum Gasteiger partial charge on any atom is 0.264 e. The van der Waals surface area contributed by atoms with Crippen LogP contribution in [0.5, 0.6) is 5.75 Å². The van der Waals surface area contributed by atoms with Crippen molar-refractivity contribution < 1.29 is 9.26 Å². The molecule has 0 spiro atoms. The van der Waals surface area contributed by atoms with Crippen molar-refractivity contribution in [2.75, 3.05) is 0 Å². The zero-order valence-electron chi connectivity index (χ0n) is 10.8. The van der Waals surface area contributed by atoms with Gasteiger partial charge in [-0.2, -0.15) is 4.98 Å². The highest BCUT2D eigenvalue weighted by Crippen LogP contribution is 2.21. The van der Waals surface area contributed by atoms with E-state index >= 15 is 0 Å². The quantitative estimate of drug-likeness (QED) is 0.703. The zero-order valence-corrected chi connectivity index (χ0v) is 12.3. The van der Waals surface area contributed by atoms with E-state index in [9.17, 15) is 0 Å².